The average Bonchev–Trinajstić information content (AvgIpc) is 2.56. The molecule has 0 bridgehead atoms. The third kappa shape index (κ3) is 6.02. The van der Waals surface area contributed by atoms with Gasteiger partial charge < -0.3 is 23.7 Å². The number of carbonyl (C=O) groups is 2. The summed E-state index contributed by atoms with van der Waals surface area (Å²) in [5, 5.41) is 0. The van der Waals surface area contributed by atoms with E-state index in [1.54, 1.807) is 19.1 Å². The fraction of sp³-hybridized carbons (Fsp3) is 0.412. The van der Waals surface area contributed by atoms with Crippen LogP contribution in [0.25, 0.3) is 6.08 Å². The summed E-state index contributed by atoms with van der Waals surface area (Å²) in [4.78, 5) is 23.7. The van der Waals surface area contributed by atoms with Gasteiger partial charge in [0.1, 0.15) is 11.3 Å². The van der Waals surface area contributed by atoms with E-state index in [1.165, 1.54) is 26.4 Å². The van der Waals surface area contributed by atoms with E-state index in [2.05, 4.69) is 0 Å². The SMILES string of the molecule is CCOC(=O)/C=C/c1cc(C)cc(C(=O)OCOC)c1OCOC. The summed E-state index contributed by atoms with van der Waals surface area (Å²) in [6.45, 7) is 3.57. The predicted octanol–water partition coefficient (Wildman–Crippen LogP) is 2.31. The molecule has 0 amide bonds. The predicted molar refractivity (Wildman–Crippen MR) is 86.6 cm³/mol. The molecule has 0 aromatic heterocycles. The van der Waals surface area contributed by atoms with Gasteiger partial charge in [-0.1, -0.05) is 0 Å². The van der Waals surface area contributed by atoms with Crippen molar-refractivity contribution in [3.8, 4) is 5.75 Å². The van der Waals surface area contributed by atoms with Crippen LogP contribution in [0.2, 0.25) is 0 Å². The number of rotatable bonds is 9. The lowest BCUT2D eigenvalue weighted by Crippen LogP contribution is -2.12. The molecule has 0 saturated heterocycles. The molecular weight excluding hydrogens is 316 g/mol. The van der Waals surface area contributed by atoms with Gasteiger partial charge in [-0.3, -0.25) is 0 Å². The number of hydrogen-bond acceptors (Lipinski definition) is 7. The van der Waals surface area contributed by atoms with Crippen LogP contribution in [0.1, 0.15) is 28.4 Å². The molecular formula is C17H22O7. The number of aryl methyl sites for hydroxylation is 1. The van der Waals surface area contributed by atoms with Gasteiger partial charge in [0.15, 0.2) is 13.6 Å². The van der Waals surface area contributed by atoms with Crippen molar-refractivity contribution in [3.05, 3.63) is 34.9 Å². The van der Waals surface area contributed by atoms with Gasteiger partial charge in [0, 0.05) is 25.9 Å². The summed E-state index contributed by atoms with van der Waals surface area (Å²) in [5.74, 6) is -0.832. The number of carbonyl (C=O) groups excluding carboxylic acids is 2. The first kappa shape index (κ1) is 19.7. The van der Waals surface area contributed by atoms with E-state index in [4.69, 9.17) is 23.7 Å². The maximum Gasteiger partial charge on any atom is 0.344 e. The molecule has 0 radical (unpaired) electrons. The van der Waals surface area contributed by atoms with Crippen LogP contribution < -0.4 is 4.74 Å². The van der Waals surface area contributed by atoms with Crippen molar-refractivity contribution in [3.63, 3.8) is 0 Å². The maximum atomic E-state index is 12.2. The van der Waals surface area contributed by atoms with Crippen LogP contribution in [0.4, 0.5) is 0 Å². The molecule has 24 heavy (non-hydrogen) atoms. The Morgan fingerprint density at radius 2 is 1.79 bits per heavy atom. The van der Waals surface area contributed by atoms with E-state index in [9.17, 15) is 9.59 Å². The minimum Gasteiger partial charge on any atom is -0.466 e. The van der Waals surface area contributed by atoms with Gasteiger partial charge in [-0.25, -0.2) is 9.59 Å². The zero-order valence-electron chi connectivity index (χ0n) is 14.3. The Morgan fingerprint density at radius 3 is 2.42 bits per heavy atom. The molecule has 7 heteroatoms. The molecule has 1 aromatic carbocycles. The monoisotopic (exact) mass is 338 g/mol. The van der Waals surface area contributed by atoms with E-state index < -0.39 is 11.9 Å². The van der Waals surface area contributed by atoms with Crippen LogP contribution in [0.15, 0.2) is 18.2 Å². The Hall–Kier alpha value is -2.38. The summed E-state index contributed by atoms with van der Waals surface area (Å²) in [7, 11) is 2.88. The van der Waals surface area contributed by atoms with E-state index in [-0.39, 0.29) is 31.5 Å². The van der Waals surface area contributed by atoms with Crippen LogP contribution in [0, 0.1) is 6.92 Å². The van der Waals surface area contributed by atoms with Crippen LogP contribution >= 0.6 is 0 Å². The van der Waals surface area contributed by atoms with Crippen LogP contribution in [0.5, 0.6) is 5.75 Å². The first-order chi connectivity index (χ1) is 11.5. The summed E-state index contributed by atoms with van der Waals surface area (Å²) in [6, 6.07) is 3.40. The highest BCUT2D eigenvalue weighted by molar-refractivity contribution is 5.95. The van der Waals surface area contributed by atoms with Gasteiger partial charge in [-0.2, -0.15) is 0 Å². The smallest absolute Gasteiger partial charge is 0.344 e. The second-order valence-corrected chi connectivity index (χ2v) is 4.71. The van der Waals surface area contributed by atoms with Crippen molar-refractivity contribution in [2.75, 3.05) is 34.4 Å². The van der Waals surface area contributed by atoms with Crippen LogP contribution in [-0.4, -0.2) is 46.4 Å². The molecule has 0 unspecified atom stereocenters. The van der Waals surface area contributed by atoms with Gasteiger partial charge >= 0.3 is 11.9 Å². The summed E-state index contributed by atoms with van der Waals surface area (Å²) >= 11 is 0. The molecule has 0 aliphatic rings. The fourth-order valence-corrected chi connectivity index (χ4v) is 1.89. The number of esters is 2. The number of methoxy groups -OCH3 is 2. The number of hydrogen-bond donors (Lipinski definition) is 0. The molecule has 132 valence electrons. The summed E-state index contributed by atoms with van der Waals surface area (Å²) in [5.41, 5.74) is 1.55. The minimum absolute atomic E-state index is 0.0616. The van der Waals surface area contributed by atoms with Crippen molar-refractivity contribution >= 4 is 18.0 Å². The fourth-order valence-electron chi connectivity index (χ4n) is 1.89. The Kier molecular flexibility index (Phi) is 8.53. The normalized spacial score (nSPS) is 10.7. The lowest BCUT2D eigenvalue weighted by Gasteiger charge is -2.14. The first-order valence-electron chi connectivity index (χ1n) is 7.30. The zero-order chi connectivity index (χ0) is 17.9. The molecule has 0 fully saturated rings. The Bertz CT molecular complexity index is 593. The molecule has 0 saturated carbocycles. The zero-order valence-corrected chi connectivity index (χ0v) is 14.3. The summed E-state index contributed by atoms with van der Waals surface area (Å²) < 4.78 is 25.0. The van der Waals surface area contributed by atoms with Crippen molar-refractivity contribution in [1.82, 2.24) is 0 Å². The second kappa shape index (κ2) is 10.4. The van der Waals surface area contributed by atoms with E-state index in [1.807, 2.05) is 6.92 Å². The minimum atomic E-state index is -0.600. The van der Waals surface area contributed by atoms with Crippen LogP contribution in [0.3, 0.4) is 0 Å². The summed E-state index contributed by atoms with van der Waals surface area (Å²) in [6.07, 6.45) is 2.78. The number of ether oxygens (including phenoxy) is 5. The topological polar surface area (TPSA) is 80.3 Å². The number of benzene rings is 1. The maximum absolute atomic E-state index is 12.2. The van der Waals surface area contributed by atoms with E-state index in [0.717, 1.165) is 5.56 Å². The lowest BCUT2D eigenvalue weighted by molar-refractivity contribution is -0.137. The molecule has 0 spiro atoms. The standard InChI is InChI=1S/C17H22O7/c1-5-22-15(18)7-6-13-8-12(2)9-14(16(13)23-10-20-3)17(19)24-11-21-4/h6-9H,5,10-11H2,1-4H3/b7-6+. The molecule has 0 heterocycles. The quantitative estimate of drug-likeness (QED) is 0.388. The van der Waals surface area contributed by atoms with E-state index >= 15 is 0 Å². The molecule has 0 aliphatic carbocycles. The largest absolute Gasteiger partial charge is 0.466 e. The average molecular weight is 338 g/mol. The van der Waals surface area contributed by atoms with Gasteiger partial charge in [0.2, 0.25) is 0 Å². The van der Waals surface area contributed by atoms with Crippen molar-refractivity contribution in [2.45, 2.75) is 13.8 Å². The molecule has 7 nitrogen and oxygen atoms in total. The Labute approximate surface area is 141 Å². The molecule has 0 atom stereocenters. The van der Waals surface area contributed by atoms with Crippen molar-refractivity contribution < 1.29 is 33.3 Å². The van der Waals surface area contributed by atoms with Crippen molar-refractivity contribution in [1.29, 1.82) is 0 Å². The highest BCUT2D eigenvalue weighted by Gasteiger charge is 2.18. The second-order valence-electron chi connectivity index (χ2n) is 4.71. The van der Waals surface area contributed by atoms with Gasteiger partial charge in [-0.15, -0.1) is 0 Å². The Morgan fingerprint density at radius 1 is 1.08 bits per heavy atom. The van der Waals surface area contributed by atoms with Gasteiger partial charge in [-0.05, 0) is 37.6 Å². The van der Waals surface area contributed by atoms with Crippen molar-refractivity contribution in [2.24, 2.45) is 0 Å². The third-order valence-electron chi connectivity index (χ3n) is 2.80. The molecule has 1 rings (SSSR count). The molecule has 0 aliphatic heterocycles. The van der Waals surface area contributed by atoms with Gasteiger partial charge in [0.25, 0.3) is 0 Å². The third-order valence-corrected chi connectivity index (χ3v) is 2.80. The van der Waals surface area contributed by atoms with E-state index in [0.29, 0.717) is 5.56 Å². The molecule has 0 N–H and O–H groups in total. The lowest BCUT2D eigenvalue weighted by atomic mass is 10.0. The molecule has 1 aromatic rings. The van der Waals surface area contributed by atoms with Crippen LogP contribution in [-0.2, 0) is 23.7 Å². The Balaban J connectivity index is 3.22. The van der Waals surface area contributed by atoms with Gasteiger partial charge in [0.05, 0.1) is 6.61 Å². The highest BCUT2D eigenvalue weighted by Crippen LogP contribution is 2.28. The highest BCUT2D eigenvalue weighted by atomic mass is 16.7. The first-order valence-corrected chi connectivity index (χ1v) is 7.30.